The second-order valence-electron chi connectivity index (χ2n) is 4.86. The third kappa shape index (κ3) is 3.80. The average molecular weight is 234 g/mol. The quantitative estimate of drug-likeness (QED) is 0.852. The minimum atomic E-state index is -0.323. The van der Waals surface area contributed by atoms with E-state index >= 15 is 0 Å². The Bertz CT molecular complexity index is 320. The summed E-state index contributed by atoms with van der Waals surface area (Å²) in [5, 5.41) is 10.1. The van der Waals surface area contributed by atoms with E-state index in [-0.39, 0.29) is 6.10 Å². The van der Waals surface area contributed by atoms with Gasteiger partial charge < -0.3 is 14.9 Å². The lowest BCUT2D eigenvalue weighted by molar-refractivity contribution is 0.113. The number of rotatable bonds is 4. The maximum absolute atomic E-state index is 10.1. The highest BCUT2D eigenvalue weighted by atomic mass is 16.3. The van der Waals surface area contributed by atoms with Gasteiger partial charge in [0.2, 0.25) is 0 Å². The van der Waals surface area contributed by atoms with Gasteiger partial charge in [0.25, 0.3) is 0 Å². The van der Waals surface area contributed by atoms with Crippen molar-refractivity contribution in [3.05, 3.63) is 35.9 Å². The predicted octanol–water partition coefficient (Wildman–Crippen LogP) is 1.36. The second-order valence-corrected chi connectivity index (χ2v) is 4.86. The average Bonchev–Trinajstić information content (AvgIpc) is 2.39. The zero-order chi connectivity index (χ0) is 12.1. The molecule has 1 aliphatic rings. The van der Waals surface area contributed by atoms with Crippen LogP contribution in [0.5, 0.6) is 0 Å². The Balaban J connectivity index is 1.75. The van der Waals surface area contributed by atoms with Gasteiger partial charge >= 0.3 is 0 Å². The van der Waals surface area contributed by atoms with Gasteiger partial charge in [-0.25, -0.2) is 0 Å². The number of benzene rings is 1. The molecule has 0 spiro atoms. The fourth-order valence-corrected chi connectivity index (χ4v) is 2.22. The van der Waals surface area contributed by atoms with Crippen LogP contribution in [0.1, 0.15) is 18.1 Å². The number of hydrogen-bond acceptors (Lipinski definition) is 3. The van der Waals surface area contributed by atoms with Crippen molar-refractivity contribution in [1.82, 2.24) is 9.80 Å². The Morgan fingerprint density at radius 1 is 1.12 bits per heavy atom. The lowest BCUT2D eigenvalue weighted by Gasteiger charge is -2.32. The van der Waals surface area contributed by atoms with Crippen molar-refractivity contribution in [2.75, 3.05) is 39.8 Å². The monoisotopic (exact) mass is 234 g/mol. The summed E-state index contributed by atoms with van der Waals surface area (Å²) in [5.41, 5.74) is 1.03. The first-order valence-corrected chi connectivity index (χ1v) is 6.39. The molecule has 17 heavy (non-hydrogen) atoms. The Morgan fingerprint density at radius 2 is 1.76 bits per heavy atom. The molecule has 0 amide bonds. The summed E-state index contributed by atoms with van der Waals surface area (Å²) in [6.45, 7) is 5.52. The van der Waals surface area contributed by atoms with Crippen LogP contribution in [0.2, 0.25) is 0 Å². The van der Waals surface area contributed by atoms with Crippen molar-refractivity contribution in [2.24, 2.45) is 0 Å². The van der Waals surface area contributed by atoms with E-state index in [4.69, 9.17) is 0 Å². The lowest BCUT2D eigenvalue weighted by Crippen LogP contribution is -2.44. The molecule has 1 aliphatic heterocycles. The molecule has 0 bridgehead atoms. The molecule has 0 aliphatic carbocycles. The molecule has 3 heteroatoms. The highest BCUT2D eigenvalue weighted by Crippen LogP contribution is 2.16. The van der Waals surface area contributed by atoms with E-state index in [1.807, 2.05) is 30.3 Å². The van der Waals surface area contributed by atoms with E-state index in [9.17, 15) is 5.11 Å². The van der Waals surface area contributed by atoms with E-state index in [1.165, 1.54) is 0 Å². The zero-order valence-electron chi connectivity index (χ0n) is 10.5. The Morgan fingerprint density at radius 3 is 2.41 bits per heavy atom. The Kier molecular flexibility index (Phi) is 4.54. The second kappa shape index (κ2) is 6.15. The molecule has 3 nitrogen and oxygen atoms in total. The molecule has 0 saturated carbocycles. The topological polar surface area (TPSA) is 26.7 Å². The lowest BCUT2D eigenvalue weighted by atomic mass is 10.1. The standard InChI is InChI=1S/C14H22N2O/c1-15-9-11-16(12-10-15)8-7-14(17)13-5-3-2-4-6-13/h2-6,14,17H,7-12H2,1H3. The van der Waals surface area contributed by atoms with Gasteiger partial charge in [-0.05, 0) is 19.0 Å². The summed E-state index contributed by atoms with van der Waals surface area (Å²) in [6, 6.07) is 9.93. The van der Waals surface area contributed by atoms with Crippen molar-refractivity contribution in [1.29, 1.82) is 0 Å². The molecule has 1 heterocycles. The first kappa shape index (κ1) is 12.6. The van der Waals surface area contributed by atoms with E-state index in [1.54, 1.807) is 0 Å². The van der Waals surface area contributed by atoms with Crippen LogP contribution in [0.15, 0.2) is 30.3 Å². The first-order valence-electron chi connectivity index (χ1n) is 6.39. The Labute approximate surface area is 104 Å². The van der Waals surface area contributed by atoms with E-state index in [2.05, 4.69) is 16.8 Å². The molecule has 2 rings (SSSR count). The fraction of sp³-hybridized carbons (Fsp3) is 0.571. The Hall–Kier alpha value is -0.900. The molecular formula is C14H22N2O. The number of likely N-dealkylation sites (N-methyl/N-ethyl adjacent to an activating group) is 1. The summed E-state index contributed by atoms with van der Waals surface area (Å²) < 4.78 is 0. The minimum Gasteiger partial charge on any atom is -0.388 e. The van der Waals surface area contributed by atoms with Gasteiger partial charge in [-0.2, -0.15) is 0 Å². The normalized spacial score (nSPS) is 20.4. The van der Waals surface area contributed by atoms with Gasteiger partial charge in [-0.1, -0.05) is 30.3 Å². The van der Waals surface area contributed by atoms with Gasteiger partial charge in [0, 0.05) is 32.7 Å². The summed E-state index contributed by atoms with van der Waals surface area (Å²) in [4.78, 5) is 4.79. The van der Waals surface area contributed by atoms with Gasteiger partial charge in [-0.15, -0.1) is 0 Å². The highest BCUT2D eigenvalue weighted by Gasteiger charge is 2.15. The molecule has 1 fully saturated rings. The van der Waals surface area contributed by atoms with Gasteiger partial charge in [-0.3, -0.25) is 0 Å². The van der Waals surface area contributed by atoms with Crippen LogP contribution >= 0.6 is 0 Å². The third-order valence-corrected chi connectivity index (χ3v) is 3.50. The van der Waals surface area contributed by atoms with Crippen molar-refractivity contribution in [3.63, 3.8) is 0 Å². The molecule has 1 N–H and O–H groups in total. The predicted molar refractivity (Wildman–Crippen MR) is 70.0 cm³/mol. The fourth-order valence-electron chi connectivity index (χ4n) is 2.22. The minimum absolute atomic E-state index is 0.323. The van der Waals surface area contributed by atoms with Crippen molar-refractivity contribution in [3.8, 4) is 0 Å². The van der Waals surface area contributed by atoms with E-state index < -0.39 is 0 Å². The maximum Gasteiger partial charge on any atom is 0.0802 e. The SMILES string of the molecule is CN1CCN(CCC(O)c2ccccc2)CC1. The summed E-state index contributed by atoms with van der Waals surface area (Å²) in [6.07, 6.45) is 0.504. The van der Waals surface area contributed by atoms with Crippen LogP contribution in [0.25, 0.3) is 0 Å². The van der Waals surface area contributed by atoms with Crippen LogP contribution < -0.4 is 0 Å². The van der Waals surface area contributed by atoms with Crippen molar-refractivity contribution < 1.29 is 5.11 Å². The van der Waals surface area contributed by atoms with Gasteiger partial charge in [0.05, 0.1) is 6.10 Å². The van der Waals surface area contributed by atoms with Crippen LogP contribution in [-0.2, 0) is 0 Å². The summed E-state index contributed by atoms with van der Waals surface area (Å²) >= 11 is 0. The number of piperazine rings is 1. The van der Waals surface area contributed by atoms with E-state index in [0.717, 1.165) is 44.7 Å². The molecule has 1 atom stereocenters. The number of aliphatic hydroxyl groups is 1. The van der Waals surface area contributed by atoms with E-state index in [0.29, 0.717) is 0 Å². The molecule has 1 aromatic carbocycles. The largest absolute Gasteiger partial charge is 0.388 e. The van der Waals surface area contributed by atoms with Crippen molar-refractivity contribution >= 4 is 0 Å². The highest BCUT2D eigenvalue weighted by molar-refractivity contribution is 5.17. The molecule has 0 radical (unpaired) electrons. The molecule has 1 unspecified atom stereocenters. The number of aliphatic hydroxyl groups excluding tert-OH is 1. The van der Waals surface area contributed by atoms with Crippen LogP contribution in [0.3, 0.4) is 0 Å². The number of hydrogen-bond donors (Lipinski definition) is 1. The molecule has 0 aromatic heterocycles. The smallest absolute Gasteiger partial charge is 0.0802 e. The van der Waals surface area contributed by atoms with Crippen LogP contribution in [0, 0.1) is 0 Å². The number of nitrogens with zero attached hydrogens (tertiary/aromatic N) is 2. The zero-order valence-corrected chi connectivity index (χ0v) is 10.5. The molecule has 1 aromatic rings. The molecule has 1 saturated heterocycles. The summed E-state index contributed by atoms with van der Waals surface area (Å²) in [7, 11) is 2.16. The van der Waals surface area contributed by atoms with Crippen LogP contribution in [0.4, 0.5) is 0 Å². The molecular weight excluding hydrogens is 212 g/mol. The van der Waals surface area contributed by atoms with Crippen LogP contribution in [-0.4, -0.2) is 54.7 Å². The van der Waals surface area contributed by atoms with Gasteiger partial charge in [0.15, 0.2) is 0 Å². The maximum atomic E-state index is 10.1. The third-order valence-electron chi connectivity index (χ3n) is 3.50. The van der Waals surface area contributed by atoms with Gasteiger partial charge in [0.1, 0.15) is 0 Å². The summed E-state index contributed by atoms with van der Waals surface area (Å²) in [5.74, 6) is 0. The molecule has 94 valence electrons. The first-order chi connectivity index (χ1) is 8.25. The van der Waals surface area contributed by atoms with Crippen molar-refractivity contribution in [2.45, 2.75) is 12.5 Å².